The van der Waals surface area contributed by atoms with E-state index in [2.05, 4.69) is 10.3 Å². The molecule has 0 bridgehead atoms. The largest absolute Gasteiger partial charge is 0.342 e. The first-order chi connectivity index (χ1) is 15.7. The predicted molar refractivity (Wildman–Crippen MR) is 125 cm³/mol. The van der Waals surface area contributed by atoms with Crippen molar-refractivity contribution in [3.05, 3.63) is 95.8 Å². The molecule has 2 N–H and O–H groups in total. The molecule has 0 saturated carbocycles. The molecule has 1 aromatic heterocycles. The molecule has 0 aliphatic carbocycles. The quantitative estimate of drug-likeness (QED) is 0.492. The number of rotatable bonds is 4. The van der Waals surface area contributed by atoms with Gasteiger partial charge in [-0.25, -0.2) is 4.98 Å². The summed E-state index contributed by atoms with van der Waals surface area (Å²) in [5.41, 5.74) is 3.62. The number of amides is 2. The highest BCUT2D eigenvalue weighted by molar-refractivity contribution is 6.09. The molecule has 1 saturated heterocycles. The number of piperidine rings is 1. The number of nitrogens with one attached hydrogen (secondary N) is 2. The van der Waals surface area contributed by atoms with Crippen LogP contribution < -0.4 is 5.32 Å². The van der Waals surface area contributed by atoms with Crippen LogP contribution in [0.25, 0.3) is 11.0 Å². The van der Waals surface area contributed by atoms with Crippen LogP contribution in [0.4, 0.5) is 5.69 Å². The number of nitrogens with zero attached hydrogens (tertiary/aromatic N) is 2. The summed E-state index contributed by atoms with van der Waals surface area (Å²) < 4.78 is 0. The van der Waals surface area contributed by atoms with Crippen molar-refractivity contribution in [3.63, 3.8) is 0 Å². The van der Waals surface area contributed by atoms with E-state index < -0.39 is 0 Å². The molecule has 32 heavy (non-hydrogen) atoms. The van der Waals surface area contributed by atoms with E-state index in [1.165, 1.54) is 0 Å². The number of aromatic nitrogens is 2. The maximum Gasteiger partial charge on any atom is 0.255 e. The number of carbonyl (C=O) groups is 2. The summed E-state index contributed by atoms with van der Waals surface area (Å²) in [7, 11) is 0. The maximum absolute atomic E-state index is 13.3. The van der Waals surface area contributed by atoms with E-state index in [9.17, 15) is 9.59 Å². The fourth-order valence-corrected chi connectivity index (χ4v) is 4.25. The molecule has 1 aliphatic rings. The van der Waals surface area contributed by atoms with Crippen molar-refractivity contribution in [1.29, 1.82) is 0 Å². The number of anilines is 1. The van der Waals surface area contributed by atoms with E-state index in [1.807, 2.05) is 59.5 Å². The molecule has 1 aliphatic heterocycles. The average Bonchev–Trinajstić information content (AvgIpc) is 3.29. The fraction of sp³-hybridized carbons (Fsp3) is 0.192. The van der Waals surface area contributed by atoms with Crippen molar-refractivity contribution in [1.82, 2.24) is 14.9 Å². The zero-order valence-corrected chi connectivity index (χ0v) is 17.6. The minimum absolute atomic E-state index is 0.0583. The van der Waals surface area contributed by atoms with Gasteiger partial charge in [-0.15, -0.1) is 0 Å². The third kappa shape index (κ3) is 3.99. The molecule has 0 unspecified atom stereocenters. The summed E-state index contributed by atoms with van der Waals surface area (Å²) in [6.45, 7) is 1.31. The van der Waals surface area contributed by atoms with Crippen LogP contribution in [0.15, 0.2) is 78.9 Å². The van der Waals surface area contributed by atoms with Gasteiger partial charge in [0.05, 0.1) is 22.3 Å². The Labute approximate surface area is 186 Å². The number of hydrogen-bond acceptors (Lipinski definition) is 3. The Hall–Kier alpha value is -3.93. The van der Waals surface area contributed by atoms with E-state index in [1.54, 1.807) is 24.3 Å². The normalized spacial score (nSPS) is 14.4. The number of H-pyrrole nitrogens is 1. The van der Waals surface area contributed by atoms with Crippen LogP contribution in [0, 0.1) is 0 Å². The lowest BCUT2D eigenvalue weighted by atomic mass is 9.95. The summed E-state index contributed by atoms with van der Waals surface area (Å²) in [6.07, 6.45) is 1.70. The van der Waals surface area contributed by atoms with Gasteiger partial charge in [0, 0.05) is 24.6 Å². The van der Waals surface area contributed by atoms with Crippen molar-refractivity contribution >= 4 is 28.5 Å². The highest BCUT2D eigenvalue weighted by Gasteiger charge is 2.27. The fourth-order valence-electron chi connectivity index (χ4n) is 4.25. The van der Waals surface area contributed by atoms with Crippen LogP contribution in [0.3, 0.4) is 0 Å². The molecule has 3 aromatic carbocycles. The third-order valence-electron chi connectivity index (χ3n) is 6.02. The van der Waals surface area contributed by atoms with Crippen molar-refractivity contribution in [2.45, 2.75) is 18.8 Å². The molecule has 0 atom stereocenters. The van der Waals surface area contributed by atoms with E-state index >= 15 is 0 Å². The van der Waals surface area contributed by atoms with Crippen molar-refractivity contribution < 1.29 is 9.59 Å². The second-order valence-corrected chi connectivity index (χ2v) is 8.07. The van der Waals surface area contributed by atoms with Gasteiger partial charge in [0.2, 0.25) is 0 Å². The Balaban J connectivity index is 1.28. The van der Waals surface area contributed by atoms with Crippen LogP contribution >= 0.6 is 0 Å². The lowest BCUT2D eigenvalue weighted by molar-refractivity contribution is 0.0712. The number of hydrogen-bond donors (Lipinski definition) is 2. The number of fused-ring (bicyclic) bond motifs is 1. The van der Waals surface area contributed by atoms with E-state index in [4.69, 9.17) is 4.98 Å². The molecule has 4 aromatic rings. The Morgan fingerprint density at radius 3 is 2.34 bits per heavy atom. The molecule has 0 spiro atoms. The first-order valence-electron chi connectivity index (χ1n) is 10.9. The van der Waals surface area contributed by atoms with Gasteiger partial charge < -0.3 is 15.2 Å². The first kappa shape index (κ1) is 20.0. The Kier molecular flexibility index (Phi) is 5.42. The summed E-state index contributed by atoms with van der Waals surface area (Å²) in [5, 5.41) is 2.89. The van der Waals surface area contributed by atoms with Gasteiger partial charge in [0.1, 0.15) is 5.82 Å². The Bertz CT molecular complexity index is 1220. The summed E-state index contributed by atoms with van der Waals surface area (Å²) in [6, 6.07) is 24.2. The van der Waals surface area contributed by atoms with Gasteiger partial charge in [-0.2, -0.15) is 0 Å². The van der Waals surface area contributed by atoms with Crippen LogP contribution in [-0.2, 0) is 0 Å². The average molecular weight is 425 g/mol. The molecule has 0 radical (unpaired) electrons. The van der Waals surface area contributed by atoms with Gasteiger partial charge in [-0.1, -0.05) is 42.5 Å². The van der Waals surface area contributed by atoms with Crippen molar-refractivity contribution in [3.8, 4) is 0 Å². The van der Waals surface area contributed by atoms with Crippen molar-refractivity contribution in [2.75, 3.05) is 18.4 Å². The van der Waals surface area contributed by atoms with Gasteiger partial charge in [0.25, 0.3) is 11.8 Å². The number of para-hydroxylation sites is 3. The maximum atomic E-state index is 13.3. The molecule has 2 amide bonds. The van der Waals surface area contributed by atoms with E-state index in [0.717, 1.165) is 29.7 Å². The zero-order chi connectivity index (χ0) is 21.9. The third-order valence-corrected chi connectivity index (χ3v) is 6.02. The summed E-state index contributed by atoms with van der Waals surface area (Å²) in [4.78, 5) is 35.9. The molecular weight excluding hydrogens is 400 g/mol. The SMILES string of the molecule is O=C(Nc1ccccc1C(=O)N1CCC(c2nc3ccccc3[nH]2)CC1)c1ccccc1. The number of benzene rings is 3. The van der Waals surface area contributed by atoms with Crippen LogP contribution in [0.1, 0.15) is 45.3 Å². The summed E-state index contributed by atoms with van der Waals surface area (Å²) in [5.74, 6) is 1.01. The number of likely N-dealkylation sites (tertiary alicyclic amines) is 1. The Morgan fingerprint density at radius 2 is 1.56 bits per heavy atom. The van der Waals surface area contributed by atoms with Gasteiger partial charge in [-0.3, -0.25) is 9.59 Å². The number of imidazole rings is 1. The van der Waals surface area contributed by atoms with Gasteiger partial charge in [0.15, 0.2) is 0 Å². The smallest absolute Gasteiger partial charge is 0.255 e. The van der Waals surface area contributed by atoms with Crippen molar-refractivity contribution in [2.24, 2.45) is 0 Å². The highest BCUT2D eigenvalue weighted by atomic mass is 16.2. The molecule has 1 fully saturated rings. The molecule has 2 heterocycles. The standard InChI is InChI=1S/C26H24N4O2/c31-25(19-8-2-1-3-9-19)29-21-11-5-4-10-20(21)26(32)30-16-14-18(15-17-30)24-27-22-12-6-7-13-23(22)28-24/h1-13,18H,14-17H2,(H,27,28)(H,29,31). The molecule has 6 nitrogen and oxygen atoms in total. The lowest BCUT2D eigenvalue weighted by Crippen LogP contribution is -2.38. The Morgan fingerprint density at radius 1 is 0.875 bits per heavy atom. The molecular formula is C26H24N4O2. The monoisotopic (exact) mass is 424 g/mol. The van der Waals surface area contributed by atoms with Gasteiger partial charge in [-0.05, 0) is 49.2 Å². The predicted octanol–water partition coefficient (Wildman–Crippen LogP) is 4.84. The minimum atomic E-state index is -0.227. The summed E-state index contributed by atoms with van der Waals surface area (Å²) >= 11 is 0. The van der Waals surface area contributed by atoms with E-state index in [0.29, 0.717) is 35.8 Å². The second kappa shape index (κ2) is 8.67. The topological polar surface area (TPSA) is 78.1 Å². The minimum Gasteiger partial charge on any atom is -0.342 e. The number of carbonyl (C=O) groups excluding carboxylic acids is 2. The van der Waals surface area contributed by atoms with Gasteiger partial charge >= 0.3 is 0 Å². The lowest BCUT2D eigenvalue weighted by Gasteiger charge is -2.31. The molecule has 6 heteroatoms. The molecule has 5 rings (SSSR count). The van der Waals surface area contributed by atoms with Crippen LogP contribution in [0.5, 0.6) is 0 Å². The second-order valence-electron chi connectivity index (χ2n) is 8.07. The van der Waals surface area contributed by atoms with Crippen LogP contribution in [-0.4, -0.2) is 39.8 Å². The number of aromatic amines is 1. The first-order valence-corrected chi connectivity index (χ1v) is 10.9. The zero-order valence-electron chi connectivity index (χ0n) is 17.6. The highest BCUT2D eigenvalue weighted by Crippen LogP contribution is 2.29. The van der Waals surface area contributed by atoms with E-state index in [-0.39, 0.29) is 11.8 Å². The molecule has 160 valence electrons. The van der Waals surface area contributed by atoms with Crippen LogP contribution in [0.2, 0.25) is 0 Å².